The number of phenols is 1. The molecule has 1 aromatic rings. The van der Waals surface area contributed by atoms with E-state index in [0.717, 1.165) is 12.2 Å². The lowest BCUT2D eigenvalue weighted by Gasteiger charge is -2.34. The van der Waals surface area contributed by atoms with Crippen molar-refractivity contribution in [3.8, 4) is 5.75 Å². The third-order valence-electron chi connectivity index (χ3n) is 3.17. The minimum absolute atomic E-state index is 0.0621. The van der Waals surface area contributed by atoms with Crippen LogP contribution in [0.2, 0.25) is 0 Å². The average molecular weight is 222 g/mol. The molecular formula is C13H22N2O. The number of hydrogen-bond acceptors (Lipinski definition) is 3. The molecule has 0 aromatic heterocycles. The van der Waals surface area contributed by atoms with E-state index in [0.29, 0.717) is 5.75 Å². The van der Waals surface area contributed by atoms with Gasteiger partial charge in [0.2, 0.25) is 0 Å². The summed E-state index contributed by atoms with van der Waals surface area (Å²) in [6, 6.07) is 7.36. The van der Waals surface area contributed by atoms with Gasteiger partial charge in [0.15, 0.2) is 0 Å². The summed E-state index contributed by atoms with van der Waals surface area (Å²) in [7, 11) is 2.04. The summed E-state index contributed by atoms with van der Waals surface area (Å²) < 4.78 is 0. The second kappa shape index (κ2) is 4.74. The van der Waals surface area contributed by atoms with E-state index < -0.39 is 0 Å². The molecule has 0 amide bonds. The zero-order valence-corrected chi connectivity index (χ0v) is 10.6. The molecule has 0 fully saturated rings. The Hall–Kier alpha value is -1.22. The van der Waals surface area contributed by atoms with Gasteiger partial charge in [-0.15, -0.1) is 0 Å². The van der Waals surface area contributed by atoms with Crippen molar-refractivity contribution < 1.29 is 5.11 Å². The predicted molar refractivity (Wildman–Crippen MR) is 68.8 cm³/mol. The maximum absolute atomic E-state index is 9.22. The lowest BCUT2D eigenvalue weighted by atomic mass is 9.85. The van der Waals surface area contributed by atoms with Gasteiger partial charge >= 0.3 is 0 Å². The van der Waals surface area contributed by atoms with Gasteiger partial charge in [-0.2, -0.15) is 0 Å². The second-order valence-corrected chi connectivity index (χ2v) is 5.15. The largest absolute Gasteiger partial charge is 0.508 e. The van der Waals surface area contributed by atoms with Crippen LogP contribution in [0.25, 0.3) is 0 Å². The van der Waals surface area contributed by atoms with Crippen molar-refractivity contribution in [1.29, 1.82) is 0 Å². The van der Waals surface area contributed by atoms with Crippen molar-refractivity contribution in [3.63, 3.8) is 0 Å². The maximum atomic E-state index is 9.22. The van der Waals surface area contributed by atoms with Crippen LogP contribution in [-0.4, -0.2) is 24.7 Å². The van der Waals surface area contributed by atoms with E-state index in [9.17, 15) is 5.11 Å². The molecule has 0 heterocycles. The fraction of sp³-hybridized carbons (Fsp3) is 0.538. The Bertz CT molecular complexity index is 330. The molecule has 3 N–H and O–H groups in total. The van der Waals surface area contributed by atoms with Crippen LogP contribution < -0.4 is 10.6 Å². The van der Waals surface area contributed by atoms with Gasteiger partial charge in [0.25, 0.3) is 0 Å². The Kier molecular flexibility index (Phi) is 3.81. The highest BCUT2D eigenvalue weighted by atomic mass is 16.3. The summed E-state index contributed by atoms with van der Waals surface area (Å²) in [6.45, 7) is 7.24. The number of anilines is 1. The Morgan fingerprint density at radius 3 is 2.25 bits per heavy atom. The van der Waals surface area contributed by atoms with Crippen molar-refractivity contribution in [2.24, 2.45) is 11.1 Å². The summed E-state index contributed by atoms with van der Waals surface area (Å²) in [5.41, 5.74) is 7.11. The summed E-state index contributed by atoms with van der Waals surface area (Å²) in [5, 5.41) is 9.22. The SMILES string of the molecule is CC(N)C(C)(C)CN(C)c1ccc(O)cc1. The van der Waals surface area contributed by atoms with E-state index in [1.165, 1.54) is 0 Å². The molecule has 3 nitrogen and oxygen atoms in total. The summed E-state index contributed by atoms with van der Waals surface area (Å²) in [5.74, 6) is 0.295. The molecule has 1 atom stereocenters. The fourth-order valence-electron chi connectivity index (χ4n) is 1.55. The third-order valence-corrected chi connectivity index (χ3v) is 3.17. The van der Waals surface area contributed by atoms with Gasteiger partial charge in [0.1, 0.15) is 5.75 Å². The molecular weight excluding hydrogens is 200 g/mol. The fourth-order valence-corrected chi connectivity index (χ4v) is 1.55. The van der Waals surface area contributed by atoms with Crippen LogP contribution >= 0.6 is 0 Å². The van der Waals surface area contributed by atoms with Gasteiger partial charge in [0.05, 0.1) is 0 Å². The molecule has 0 radical (unpaired) electrons. The molecule has 0 saturated heterocycles. The number of nitrogens with two attached hydrogens (primary N) is 1. The first-order chi connectivity index (χ1) is 7.33. The summed E-state index contributed by atoms with van der Waals surface area (Å²) in [6.07, 6.45) is 0. The monoisotopic (exact) mass is 222 g/mol. The minimum Gasteiger partial charge on any atom is -0.508 e. The number of benzene rings is 1. The van der Waals surface area contributed by atoms with Gasteiger partial charge in [-0.25, -0.2) is 0 Å². The smallest absolute Gasteiger partial charge is 0.115 e. The number of aromatic hydroxyl groups is 1. The minimum atomic E-state index is 0.0621. The van der Waals surface area contributed by atoms with Crippen LogP contribution in [0.5, 0.6) is 5.75 Å². The van der Waals surface area contributed by atoms with E-state index >= 15 is 0 Å². The van der Waals surface area contributed by atoms with E-state index in [4.69, 9.17) is 5.73 Å². The standard InChI is InChI=1S/C13H22N2O/c1-10(14)13(2,3)9-15(4)11-5-7-12(16)8-6-11/h5-8,10,16H,9,14H2,1-4H3. The molecule has 1 rings (SSSR count). The van der Waals surface area contributed by atoms with Crippen molar-refractivity contribution in [3.05, 3.63) is 24.3 Å². The number of phenolic OH excluding ortho intramolecular Hbond substituents is 1. The van der Waals surface area contributed by atoms with Crippen molar-refractivity contribution in [2.75, 3.05) is 18.5 Å². The van der Waals surface area contributed by atoms with E-state index in [-0.39, 0.29) is 11.5 Å². The zero-order valence-electron chi connectivity index (χ0n) is 10.6. The molecule has 0 saturated carbocycles. The second-order valence-electron chi connectivity index (χ2n) is 5.15. The molecule has 3 heteroatoms. The molecule has 0 aliphatic rings. The van der Waals surface area contributed by atoms with E-state index in [1.54, 1.807) is 12.1 Å². The Balaban J connectivity index is 2.72. The lowest BCUT2D eigenvalue weighted by Crippen LogP contribution is -2.43. The highest BCUT2D eigenvalue weighted by Gasteiger charge is 2.24. The normalized spacial score (nSPS) is 13.6. The topological polar surface area (TPSA) is 49.5 Å². The number of rotatable bonds is 4. The first kappa shape index (κ1) is 12.8. The lowest BCUT2D eigenvalue weighted by molar-refractivity contribution is 0.308. The van der Waals surface area contributed by atoms with E-state index in [2.05, 4.69) is 18.7 Å². The Morgan fingerprint density at radius 2 is 1.81 bits per heavy atom. The van der Waals surface area contributed by atoms with Crippen molar-refractivity contribution in [2.45, 2.75) is 26.8 Å². The van der Waals surface area contributed by atoms with Crippen LogP contribution in [0, 0.1) is 5.41 Å². The molecule has 0 aliphatic carbocycles. The van der Waals surface area contributed by atoms with Crippen molar-refractivity contribution >= 4 is 5.69 Å². The van der Waals surface area contributed by atoms with Crippen LogP contribution in [0.3, 0.4) is 0 Å². The Labute approximate surface area is 97.9 Å². The molecule has 0 bridgehead atoms. The highest BCUT2D eigenvalue weighted by Crippen LogP contribution is 2.24. The quantitative estimate of drug-likeness (QED) is 0.821. The van der Waals surface area contributed by atoms with Gasteiger partial charge in [-0.05, 0) is 36.6 Å². The predicted octanol–water partition coefficient (Wildman–Crippen LogP) is 2.20. The van der Waals surface area contributed by atoms with Crippen LogP contribution in [0.4, 0.5) is 5.69 Å². The average Bonchev–Trinajstić information content (AvgIpc) is 2.17. The molecule has 1 unspecified atom stereocenters. The third kappa shape index (κ3) is 3.14. The molecule has 0 spiro atoms. The Morgan fingerprint density at radius 1 is 1.31 bits per heavy atom. The maximum Gasteiger partial charge on any atom is 0.115 e. The van der Waals surface area contributed by atoms with E-state index in [1.807, 2.05) is 26.1 Å². The summed E-state index contributed by atoms with van der Waals surface area (Å²) in [4.78, 5) is 2.16. The van der Waals surface area contributed by atoms with Crippen LogP contribution in [-0.2, 0) is 0 Å². The summed E-state index contributed by atoms with van der Waals surface area (Å²) >= 11 is 0. The number of hydrogen-bond donors (Lipinski definition) is 2. The van der Waals surface area contributed by atoms with Gasteiger partial charge in [-0.1, -0.05) is 13.8 Å². The first-order valence-corrected chi connectivity index (χ1v) is 5.58. The molecule has 0 aliphatic heterocycles. The molecule has 16 heavy (non-hydrogen) atoms. The first-order valence-electron chi connectivity index (χ1n) is 5.58. The van der Waals surface area contributed by atoms with Gasteiger partial charge in [-0.3, -0.25) is 0 Å². The highest BCUT2D eigenvalue weighted by molar-refractivity contribution is 5.48. The van der Waals surface area contributed by atoms with Crippen LogP contribution in [0.15, 0.2) is 24.3 Å². The molecule has 1 aromatic carbocycles. The number of nitrogens with zero attached hydrogens (tertiary/aromatic N) is 1. The van der Waals surface area contributed by atoms with Gasteiger partial charge < -0.3 is 15.7 Å². The van der Waals surface area contributed by atoms with Gasteiger partial charge in [0, 0.05) is 25.3 Å². The van der Waals surface area contributed by atoms with Crippen LogP contribution in [0.1, 0.15) is 20.8 Å². The zero-order chi connectivity index (χ0) is 12.3. The molecule has 90 valence electrons. The van der Waals surface area contributed by atoms with Crippen molar-refractivity contribution in [1.82, 2.24) is 0 Å².